The zero-order chi connectivity index (χ0) is 22.3. The number of rotatable bonds is 3. The molecule has 0 aromatic heterocycles. The number of carbonyl (C=O) groups is 1. The second kappa shape index (κ2) is 8.20. The van der Waals surface area contributed by atoms with E-state index in [1.54, 1.807) is 30.0 Å². The van der Waals surface area contributed by atoms with Crippen LogP contribution >= 0.6 is 11.6 Å². The van der Waals surface area contributed by atoms with Crippen molar-refractivity contribution in [3.8, 4) is 11.1 Å². The summed E-state index contributed by atoms with van der Waals surface area (Å²) in [6, 6.07) is 8.80. The number of guanidine groups is 1. The molecule has 3 atom stereocenters. The molecular formula is C23H25ClF2N4O. The first kappa shape index (κ1) is 21.7. The number of amides is 1. The van der Waals surface area contributed by atoms with Gasteiger partial charge in [-0.1, -0.05) is 29.8 Å². The van der Waals surface area contributed by atoms with Gasteiger partial charge in [-0.2, -0.15) is 0 Å². The van der Waals surface area contributed by atoms with Crippen molar-refractivity contribution in [1.29, 1.82) is 0 Å². The van der Waals surface area contributed by atoms with E-state index in [1.165, 1.54) is 12.1 Å². The highest BCUT2D eigenvalue weighted by atomic mass is 35.5. The summed E-state index contributed by atoms with van der Waals surface area (Å²) in [5.41, 5.74) is 6.47. The van der Waals surface area contributed by atoms with E-state index in [0.717, 1.165) is 25.5 Å². The van der Waals surface area contributed by atoms with Gasteiger partial charge in [-0.05, 0) is 50.9 Å². The number of nitrogens with zero attached hydrogens (tertiary/aromatic N) is 2. The van der Waals surface area contributed by atoms with Gasteiger partial charge in [-0.3, -0.25) is 9.69 Å². The lowest BCUT2D eigenvalue weighted by atomic mass is 9.85. The Labute approximate surface area is 185 Å². The predicted octanol–water partition coefficient (Wildman–Crippen LogP) is 4.19. The van der Waals surface area contributed by atoms with Crippen LogP contribution in [0.25, 0.3) is 11.1 Å². The molecule has 0 saturated carbocycles. The summed E-state index contributed by atoms with van der Waals surface area (Å²) >= 11 is 6.67. The van der Waals surface area contributed by atoms with Gasteiger partial charge in [0.1, 0.15) is 11.6 Å². The molecule has 8 heteroatoms. The van der Waals surface area contributed by atoms with Crippen LogP contribution in [0.1, 0.15) is 38.7 Å². The minimum absolute atomic E-state index is 0.00664. The summed E-state index contributed by atoms with van der Waals surface area (Å²) in [6.07, 6.45) is 1.71. The van der Waals surface area contributed by atoms with Crippen molar-refractivity contribution < 1.29 is 13.6 Å². The molecule has 4 rings (SSSR count). The van der Waals surface area contributed by atoms with Gasteiger partial charge in [0.05, 0.1) is 17.0 Å². The molecule has 0 bridgehead atoms. The van der Waals surface area contributed by atoms with Crippen LogP contribution in [-0.4, -0.2) is 35.4 Å². The smallest absolute Gasteiger partial charge is 0.232 e. The van der Waals surface area contributed by atoms with E-state index in [-0.39, 0.29) is 34.9 Å². The molecule has 0 unspecified atom stereocenters. The molecule has 31 heavy (non-hydrogen) atoms. The Balaban J connectivity index is 1.72. The van der Waals surface area contributed by atoms with Crippen LogP contribution in [-0.2, 0) is 10.3 Å². The van der Waals surface area contributed by atoms with Crippen LogP contribution < -0.4 is 11.1 Å². The summed E-state index contributed by atoms with van der Waals surface area (Å²) in [6.45, 7) is 4.70. The lowest BCUT2D eigenvalue weighted by Gasteiger charge is -2.42. The van der Waals surface area contributed by atoms with Gasteiger partial charge in [0.2, 0.25) is 5.91 Å². The second-order valence-electron chi connectivity index (χ2n) is 8.51. The van der Waals surface area contributed by atoms with Gasteiger partial charge in [0, 0.05) is 29.3 Å². The molecule has 3 N–H and O–H groups in total. The number of halogens is 3. The van der Waals surface area contributed by atoms with E-state index in [1.807, 2.05) is 0 Å². The normalized spacial score (nSPS) is 26.7. The minimum Gasteiger partial charge on any atom is -0.369 e. The van der Waals surface area contributed by atoms with Gasteiger partial charge in [-0.15, -0.1) is 0 Å². The number of nitrogens with two attached hydrogens (primary N) is 1. The third-order valence-electron chi connectivity index (χ3n) is 6.13. The average Bonchev–Trinajstić information content (AvgIpc) is 2.68. The molecule has 2 heterocycles. The summed E-state index contributed by atoms with van der Waals surface area (Å²) in [7, 11) is 0. The highest BCUT2D eigenvalue weighted by molar-refractivity contribution is 6.34. The number of benzene rings is 2. The predicted molar refractivity (Wildman–Crippen MR) is 118 cm³/mol. The Hall–Kier alpha value is -2.51. The van der Waals surface area contributed by atoms with Crippen molar-refractivity contribution in [1.82, 2.24) is 10.2 Å². The molecule has 1 amide bonds. The van der Waals surface area contributed by atoms with E-state index in [2.05, 4.69) is 17.2 Å². The number of piperidine rings is 1. The number of carbonyl (C=O) groups excluding carboxylic acids is 1. The maximum Gasteiger partial charge on any atom is 0.232 e. The number of hydrogen-bond donors (Lipinski definition) is 2. The molecule has 1 saturated heterocycles. The molecule has 0 radical (unpaired) electrons. The van der Waals surface area contributed by atoms with Crippen LogP contribution in [0.4, 0.5) is 8.78 Å². The molecular weight excluding hydrogens is 422 g/mol. The van der Waals surface area contributed by atoms with Crippen molar-refractivity contribution in [3.05, 3.63) is 58.6 Å². The monoisotopic (exact) mass is 446 g/mol. The topological polar surface area (TPSA) is 70.7 Å². The maximum absolute atomic E-state index is 14.4. The summed E-state index contributed by atoms with van der Waals surface area (Å²) in [4.78, 5) is 19.5. The first-order chi connectivity index (χ1) is 14.7. The molecule has 0 spiro atoms. The molecule has 164 valence electrons. The zero-order valence-corrected chi connectivity index (χ0v) is 18.2. The molecule has 5 nitrogen and oxygen atoms in total. The van der Waals surface area contributed by atoms with Crippen molar-refractivity contribution in [2.24, 2.45) is 10.7 Å². The summed E-state index contributed by atoms with van der Waals surface area (Å²) in [5.74, 6) is -1.31. The van der Waals surface area contributed by atoms with E-state index in [4.69, 9.17) is 17.3 Å². The lowest BCUT2D eigenvalue weighted by Crippen LogP contribution is -2.57. The Bertz CT molecular complexity index is 1060. The Kier molecular flexibility index (Phi) is 5.75. The molecule has 2 aromatic carbocycles. The summed E-state index contributed by atoms with van der Waals surface area (Å²) < 4.78 is 27.7. The fraction of sp³-hybridized carbons (Fsp3) is 0.391. The highest BCUT2D eigenvalue weighted by Gasteiger charge is 2.42. The molecule has 0 aliphatic carbocycles. The number of nitrogens with one attached hydrogen (secondary N) is 1. The quantitative estimate of drug-likeness (QED) is 0.742. The van der Waals surface area contributed by atoms with Crippen molar-refractivity contribution in [2.75, 3.05) is 6.54 Å². The van der Waals surface area contributed by atoms with E-state index < -0.39 is 17.2 Å². The minimum atomic E-state index is -0.986. The Morgan fingerprint density at radius 1 is 1.26 bits per heavy atom. The largest absolute Gasteiger partial charge is 0.369 e. The van der Waals surface area contributed by atoms with Crippen LogP contribution in [0, 0.1) is 11.6 Å². The van der Waals surface area contributed by atoms with Crippen LogP contribution in [0.3, 0.4) is 0 Å². The van der Waals surface area contributed by atoms with E-state index in [0.29, 0.717) is 17.2 Å². The van der Waals surface area contributed by atoms with Crippen LogP contribution in [0.5, 0.6) is 0 Å². The van der Waals surface area contributed by atoms with Gasteiger partial charge >= 0.3 is 0 Å². The van der Waals surface area contributed by atoms with Crippen molar-refractivity contribution >= 4 is 23.5 Å². The van der Waals surface area contributed by atoms with Crippen LogP contribution in [0.2, 0.25) is 5.02 Å². The lowest BCUT2D eigenvalue weighted by molar-refractivity contribution is -0.131. The van der Waals surface area contributed by atoms with Gasteiger partial charge in [0.15, 0.2) is 5.96 Å². The Morgan fingerprint density at radius 3 is 2.71 bits per heavy atom. The maximum atomic E-state index is 14.4. The third-order valence-corrected chi connectivity index (χ3v) is 6.54. The average molecular weight is 447 g/mol. The standard InChI is InChI=1S/C23H25ClF2N4O/c1-13-10-15(8-9-28-13)30-20(31)12-23(2,29-22(30)27)18-5-3-4-17(21(18)24)16-7-6-14(25)11-19(16)26/h3-7,11,13,15,28H,8-10,12H2,1-2H3,(H2,27,29)/t13-,15-,23-/m0/s1. The molecule has 2 aromatic rings. The van der Waals surface area contributed by atoms with Gasteiger partial charge in [0.25, 0.3) is 0 Å². The summed E-state index contributed by atoms with van der Waals surface area (Å²) in [5, 5.41) is 3.64. The fourth-order valence-corrected chi connectivity index (χ4v) is 5.04. The SMILES string of the molecule is C[C@H]1C[C@@H](N2C(=O)C[C@@](C)(c3cccc(-c4ccc(F)cc4F)c3Cl)N=C2N)CCN1. The number of aliphatic imine (C=N–C) groups is 1. The highest BCUT2D eigenvalue weighted by Crippen LogP contribution is 2.42. The van der Waals surface area contributed by atoms with Gasteiger partial charge < -0.3 is 11.1 Å². The zero-order valence-electron chi connectivity index (χ0n) is 17.5. The van der Waals surface area contributed by atoms with Crippen molar-refractivity contribution in [3.63, 3.8) is 0 Å². The first-order valence-corrected chi connectivity index (χ1v) is 10.7. The third kappa shape index (κ3) is 4.04. The van der Waals surface area contributed by atoms with Crippen LogP contribution in [0.15, 0.2) is 41.4 Å². The van der Waals surface area contributed by atoms with Crippen molar-refractivity contribution in [2.45, 2.75) is 50.7 Å². The van der Waals surface area contributed by atoms with E-state index in [9.17, 15) is 13.6 Å². The first-order valence-electron chi connectivity index (χ1n) is 10.3. The second-order valence-corrected chi connectivity index (χ2v) is 8.89. The molecule has 1 fully saturated rings. The van der Waals surface area contributed by atoms with E-state index >= 15 is 0 Å². The Morgan fingerprint density at radius 2 is 2.03 bits per heavy atom. The fourth-order valence-electron chi connectivity index (χ4n) is 4.60. The van der Waals surface area contributed by atoms with Gasteiger partial charge in [-0.25, -0.2) is 13.8 Å². The molecule has 2 aliphatic rings. The molecule has 2 aliphatic heterocycles. The number of hydrogen-bond acceptors (Lipinski definition) is 4.